The molecule has 0 aromatic rings. The molecule has 1 aliphatic carbocycles. The Morgan fingerprint density at radius 2 is 1.95 bits per heavy atom. The Morgan fingerprint density at radius 1 is 1.25 bits per heavy atom. The molecule has 4 heteroatoms. The smallest absolute Gasteiger partial charge is 0.0613 e. The minimum absolute atomic E-state index is 0.000919. The lowest BCUT2D eigenvalue weighted by Crippen LogP contribution is -2.50. The highest BCUT2D eigenvalue weighted by Gasteiger charge is 2.41. The van der Waals surface area contributed by atoms with E-state index in [0.717, 1.165) is 31.8 Å². The van der Waals surface area contributed by atoms with Crippen molar-refractivity contribution in [2.24, 2.45) is 0 Å². The zero-order chi connectivity index (χ0) is 14.6. The fourth-order valence-corrected chi connectivity index (χ4v) is 3.93. The molecular weight excluding hydrogens is 250 g/mol. The molecule has 2 rings (SSSR count). The summed E-state index contributed by atoms with van der Waals surface area (Å²) in [6.45, 7) is 5.95. The predicted molar refractivity (Wildman–Crippen MR) is 84.0 cm³/mol. The quantitative estimate of drug-likeness (QED) is 0.771. The van der Waals surface area contributed by atoms with Gasteiger partial charge in [0.25, 0.3) is 0 Å². The summed E-state index contributed by atoms with van der Waals surface area (Å²) in [5.74, 6) is 0. The summed E-state index contributed by atoms with van der Waals surface area (Å²) in [5.41, 5.74) is -0.000919. The van der Waals surface area contributed by atoms with E-state index in [4.69, 9.17) is 0 Å². The number of hydrogen-bond donors (Lipinski definition) is 2. The number of nitrogens with zero attached hydrogens (tertiary/aromatic N) is 2. The monoisotopic (exact) mass is 283 g/mol. The molecule has 2 atom stereocenters. The molecule has 0 radical (unpaired) electrons. The van der Waals surface area contributed by atoms with Gasteiger partial charge < -0.3 is 20.2 Å². The van der Waals surface area contributed by atoms with E-state index in [1.807, 2.05) is 0 Å². The summed E-state index contributed by atoms with van der Waals surface area (Å²) in [7, 11) is 4.39. The van der Waals surface area contributed by atoms with Crippen molar-refractivity contribution in [3.8, 4) is 0 Å². The normalized spacial score (nSPS) is 33.1. The highest BCUT2D eigenvalue weighted by molar-refractivity contribution is 5.00. The molecule has 1 aliphatic heterocycles. The van der Waals surface area contributed by atoms with Crippen LogP contribution in [0, 0.1) is 0 Å². The SMILES string of the molecule is CCCNC1(CO)CCC(N2CCC(N(C)C)CC2)C1. The largest absolute Gasteiger partial charge is 0.394 e. The van der Waals surface area contributed by atoms with Crippen molar-refractivity contribution < 1.29 is 5.11 Å². The fourth-order valence-electron chi connectivity index (χ4n) is 3.93. The van der Waals surface area contributed by atoms with Crippen molar-refractivity contribution in [1.29, 1.82) is 0 Å². The van der Waals surface area contributed by atoms with Crippen LogP contribution in [-0.2, 0) is 0 Å². The molecule has 4 nitrogen and oxygen atoms in total. The maximum atomic E-state index is 9.79. The van der Waals surface area contributed by atoms with Crippen LogP contribution < -0.4 is 5.32 Å². The van der Waals surface area contributed by atoms with Crippen molar-refractivity contribution in [3.63, 3.8) is 0 Å². The van der Waals surface area contributed by atoms with Gasteiger partial charge in [-0.2, -0.15) is 0 Å². The van der Waals surface area contributed by atoms with E-state index in [1.54, 1.807) is 0 Å². The first-order valence-electron chi connectivity index (χ1n) is 8.36. The highest BCUT2D eigenvalue weighted by atomic mass is 16.3. The molecule has 2 unspecified atom stereocenters. The number of hydrogen-bond acceptors (Lipinski definition) is 4. The molecule has 1 heterocycles. The Balaban J connectivity index is 1.83. The first kappa shape index (κ1) is 16.2. The minimum Gasteiger partial charge on any atom is -0.394 e. The molecule has 1 saturated heterocycles. The molecule has 0 amide bonds. The van der Waals surface area contributed by atoms with Crippen molar-refractivity contribution in [2.75, 3.05) is 40.3 Å². The van der Waals surface area contributed by atoms with Gasteiger partial charge >= 0.3 is 0 Å². The van der Waals surface area contributed by atoms with Gasteiger partial charge in [0.15, 0.2) is 0 Å². The van der Waals surface area contributed by atoms with E-state index in [2.05, 4.69) is 36.1 Å². The summed E-state index contributed by atoms with van der Waals surface area (Å²) in [6, 6.07) is 1.43. The second-order valence-electron chi connectivity index (χ2n) is 6.99. The number of likely N-dealkylation sites (tertiary alicyclic amines) is 1. The fraction of sp³-hybridized carbons (Fsp3) is 1.00. The summed E-state index contributed by atoms with van der Waals surface area (Å²) in [4.78, 5) is 5.04. The van der Waals surface area contributed by atoms with Gasteiger partial charge in [-0.3, -0.25) is 0 Å². The summed E-state index contributed by atoms with van der Waals surface area (Å²) < 4.78 is 0. The lowest BCUT2D eigenvalue weighted by atomic mass is 9.97. The Kier molecular flexibility index (Phi) is 5.84. The minimum atomic E-state index is -0.000919. The van der Waals surface area contributed by atoms with Gasteiger partial charge in [-0.25, -0.2) is 0 Å². The molecule has 0 bridgehead atoms. The average molecular weight is 283 g/mol. The van der Waals surface area contributed by atoms with Crippen LogP contribution in [-0.4, -0.2) is 72.9 Å². The maximum absolute atomic E-state index is 9.79. The van der Waals surface area contributed by atoms with Crippen LogP contribution >= 0.6 is 0 Å². The highest BCUT2D eigenvalue weighted by Crippen LogP contribution is 2.34. The molecule has 118 valence electrons. The van der Waals surface area contributed by atoms with Gasteiger partial charge in [-0.05, 0) is 72.3 Å². The Morgan fingerprint density at radius 3 is 2.50 bits per heavy atom. The predicted octanol–water partition coefficient (Wildman–Crippen LogP) is 1.30. The van der Waals surface area contributed by atoms with Gasteiger partial charge in [0, 0.05) is 17.6 Å². The Bertz CT molecular complexity index is 289. The lowest BCUT2D eigenvalue weighted by molar-refractivity contribution is 0.0983. The topological polar surface area (TPSA) is 38.7 Å². The van der Waals surface area contributed by atoms with E-state index in [0.29, 0.717) is 6.04 Å². The van der Waals surface area contributed by atoms with Crippen LogP contribution in [0.5, 0.6) is 0 Å². The molecule has 0 spiro atoms. The Labute approximate surface area is 124 Å². The zero-order valence-corrected chi connectivity index (χ0v) is 13.6. The molecule has 1 saturated carbocycles. The molecule has 2 aliphatic rings. The van der Waals surface area contributed by atoms with Gasteiger partial charge in [-0.15, -0.1) is 0 Å². The molecule has 20 heavy (non-hydrogen) atoms. The summed E-state index contributed by atoms with van der Waals surface area (Å²) >= 11 is 0. The number of aliphatic hydroxyl groups is 1. The van der Waals surface area contributed by atoms with Gasteiger partial charge in [0.2, 0.25) is 0 Å². The van der Waals surface area contributed by atoms with E-state index < -0.39 is 0 Å². The maximum Gasteiger partial charge on any atom is 0.0613 e. The van der Waals surface area contributed by atoms with Crippen LogP contribution in [0.15, 0.2) is 0 Å². The van der Waals surface area contributed by atoms with Crippen LogP contribution in [0.25, 0.3) is 0 Å². The standard InChI is InChI=1S/C16H33N3O/c1-4-9-17-16(13-20)8-5-15(12-16)19-10-6-14(7-11-19)18(2)3/h14-15,17,20H,4-13H2,1-3H3. The first-order chi connectivity index (χ1) is 9.60. The first-order valence-corrected chi connectivity index (χ1v) is 8.36. The summed E-state index contributed by atoms with van der Waals surface area (Å²) in [6.07, 6.45) is 7.21. The van der Waals surface area contributed by atoms with Crippen molar-refractivity contribution in [2.45, 2.75) is 63.1 Å². The third kappa shape index (κ3) is 3.73. The van der Waals surface area contributed by atoms with Crippen LogP contribution in [0.4, 0.5) is 0 Å². The van der Waals surface area contributed by atoms with Crippen molar-refractivity contribution in [3.05, 3.63) is 0 Å². The van der Waals surface area contributed by atoms with E-state index >= 15 is 0 Å². The third-order valence-corrected chi connectivity index (χ3v) is 5.38. The number of rotatable bonds is 6. The van der Waals surface area contributed by atoms with Crippen LogP contribution in [0.3, 0.4) is 0 Å². The van der Waals surface area contributed by atoms with Crippen molar-refractivity contribution in [1.82, 2.24) is 15.1 Å². The molecular formula is C16H33N3O. The second kappa shape index (κ2) is 7.21. The van der Waals surface area contributed by atoms with Gasteiger partial charge in [-0.1, -0.05) is 6.92 Å². The lowest BCUT2D eigenvalue weighted by Gasteiger charge is -2.39. The van der Waals surface area contributed by atoms with Crippen LogP contribution in [0.1, 0.15) is 45.4 Å². The molecule has 0 aromatic carbocycles. The molecule has 2 fully saturated rings. The van der Waals surface area contributed by atoms with Crippen molar-refractivity contribution >= 4 is 0 Å². The molecule has 0 aromatic heterocycles. The average Bonchev–Trinajstić information content (AvgIpc) is 2.90. The number of piperidine rings is 1. The van der Waals surface area contributed by atoms with E-state index in [1.165, 1.54) is 32.4 Å². The zero-order valence-electron chi connectivity index (χ0n) is 13.6. The second-order valence-corrected chi connectivity index (χ2v) is 6.99. The molecule has 2 N–H and O–H groups in total. The third-order valence-electron chi connectivity index (χ3n) is 5.38. The van der Waals surface area contributed by atoms with Gasteiger partial charge in [0.05, 0.1) is 6.61 Å². The number of nitrogens with one attached hydrogen (secondary N) is 1. The van der Waals surface area contributed by atoms with Crippen LogP contribution in [0.2, 0.25) is 0 Å². The van der Waals surface area contributed by atoms with Gasteiger partial charge in [0.1, 0.15) is 0 Å². The van der Waals surface area contributed by atoms with E-state index in [-0.39, 0.29) is 12.1 Å². The van der Waals surface area contributed by atoms with E-state index in [9.17, 15) is 5.11 Å². The number of aliphatic hydroxyl groups excluding tert-OH is 1. The Hall–Kier alpha value is -0.160. The summed E-state index contributed by atoms with van der Waals surface area (Å²) in [5, 5.41) is 13.4.